The molecule has 0 saturated carbocycles. The molecule has 1 amide bonds. The molecule has 4 aliphatic rings. The van der Waals surface area contributed by atoms with Crippen molar-refractivity contribution in [1.29, 1.82) is 0 Å². The third kappa shape index (κ3) is 4.85. The Morgan fingerprint density at radius 2 is 1.89 bits per heavy atom. The molecule has 10 heteroatoms. The lowest BCUT2D eigenvalue weighted by atomic mass is 10.0. The number of nitrogens with two attached hydrogens (primary N) is 1. The zero-order valence-corrected chi connectivity index (χ0v) is 20.1. The number of methoxy groups -OCH3 is 1. The van der Waals surface area contributed by atoms with Crippen LogP contribution in [0.25, 0.3) is 0 Å². The van der Waals surface area contributed by atoms with Crippen molar-refractivity contribution in [1.82, 2.24) is 9.80 Å². The van der Waals surface area contributed by atoms with Crippen molar-refractivity contribution >= 4 is 23.4 Å². The quantitative estimate of drug-likeness (QED) is 0.703. The molecule has 2 saturated heterocycles. The van der Waals surface area contributed by atoms with Crippen molar-refractivity contribution < 1.29 is 19.0 Å². The van der Waals surface area contributed by atoms with E-state index in [2.05, 4.69) is 22.8 Å². The molecule has 0 aliphatic carbocycles. The number of carbonyl (C=O) groups excluding carboxylic acids is 1. The summed E-state index contributed by atoms with van der Waals surface area (Å²) < 4.78 is 16.5. The van der Waals surface area contributed by atoms with Gasteiger partial charge in [-0.2, -0.15) is 9.98 Å². The monoisotopic (exact) mass is 478 g/mol. The topological polar surface area (TPSA) is 114 Å². The maximum absolute atomic E-state index is 12.0. The summed E-state index contributed by atoms with van der Waals surface area (Å²) in [5, 5.41) is 0. The Hall–Kier alpha value is -3.50. The molecule has 2 bridgehead atoms. The van der Waals surface area contributed by atoms with E-state index in [1.165, 1.54) is 7.11 Å². The molecule has 2 N–H and O–H groups in total. The van der Waals surface area contributed by atoms with Crippen LogP contribution in [0.3, 0.4) is 0 Å². The third-order valence-electron chi connectivity index (χ3n) is 6.46. The highest BCUT2D eigenvalue weighted by molar-refractivity contribution is 6.17. The second kappa shape index (κ2) is 10.0. The van der Waals surface area contributed by atoms with E-state index in [0.29, 0.717) is 61.7 Å². The number of primary amides is 1. The summed E-state index contributed by atoms with van der Waals surface area (Å²) in [4.78, 5) is 31.3. The molecular weight excluding hydrogens is 448 g/mol. The van der Waals surface area contributed by atoms with Gasteiger partial charge in [-0.25, -0.2) is 4.99 Å². The number of rotatable bonds is 4. The molecule has 10 nitrogen and oxygen atoms in total. The standard InChI is InChI=1S/C25H30N6O4/c1-16-15-35-12-9-31(16)24-18-3-5-20(17-4-6-21(33-2)19(13-17)23(26)32)27-22(14-18)28-25(29-24)30-7-10-34-11-8-30/h3-6,13,16H,7-12,14-15H2,1-2H3,(H2,26,32)/t16-/m0/s1. The van der Waals surface area contributed by atoms with Gasteiger partial charge in [-0.05, 0) is 31.2 Å². The normalized spacial score (nSPS) is 22.7. The number of hydrogen-bond acceptors (Lipinski definition) is 9. The first-order valence-electron chi connectivity index (χ1n) is 11.8. The zero-order chi connectivity index (χ0) is 24.4. The summed E-state index contributed by atoms with van der Waals surface area (Å²) in [6, 6.07) is 5.51. The molecule has 0 radical (unpaired) electrons. The second-order valence-corrected chi connectivity index (χ2v) is 8.79. The molecule has 1 aromatic carbocycles. The van der Waals surface area contributed by atoms with Gasteiger partial charge in [0.15, 0.2) is 0 Å². The number of benzene rings is 1. The van der Waals surface area contributed by atoms with Crippen LogP contribution >= 0.6 is 0 Å². The fraction of sp³-hybridized carbons (Fsp3) is 0.440. The van der Waals surface area contributed by atoms with Crippen molar-refractivity contribution in [2.45, 2.75) is 19.4 Å². The van der Waals surface area contributed by atoms with Gasteiger partial charge in [0.1, 0.15) is 17.4 Å². The van der Waals surface area contributed by atoms with E-state index < -0.39 is 5.91 Å². The van der Waals surface area contributed by atoms with Gasteiger partial charge in [0.25, 0.3) is 5.91 Å². The van der Waals surface area contributed by atoms with Crippen LogP contribution in [0, 0.1) is 0 Å². The number of allylic oxidation sites excluding steroid dienone is 2. The van der Waals surface area contributed by atoms with Gasteiger partial charge < -0.3 is 29.7 Å². The molecule has 1 atom stereocenters. The Morgan fingerprint density at radius 1 is 1.09 bits per heavy atom. The molecule has 35 heavy (non-hydrogen) atoms. The molecule has 4 heterocycles. The Balaban J connectivity index is 1.60. The van der Waals surface area contributed by atoms with Crippen LogP contribution in [-0.2, 0) is 9.47 Å². The van der Waals surface area contributed by atoms with Crippen molar-refractivity contribution in [3.8, 4) is 5.75 Å². The minimum atomic E-state index is -0.553. The van der Waals surface area contributed by atoms with Crippen LogP contribution in [0.15, 0.2) is 56.7 Å². The molecule has 0 aromatic heterocycles. The van der Waals surface area contributed by atoms with Gasteiger partial charge in [-0.15, -0.1) is 0 Å². The summed E-state index contributed by atoms with van der Waals surface area (Å²) in [7, 11) is 1.51. The first kappa shape index (κ1) is 23.3. The van der Waals surface area contributed by atoms with Crippen LogP contribution in [0.2, 0.25) is 0 Å². The number of fused-ring (bicyclic) bond motifs is 2. The van der Waals surface area contributed by atoms with Crippen molar-refractivity contribution in [2.75, 3.05) is 53.2 Å². The Bertz CT molecular complexity index is 1160. The lowest BCUT2D eigenvalue weighted by Gasteiger charge is -2.36. The fourth-order valence-electron chi connectivity index (χ4n) is 4.57. The lowest BCUT2D eigenvalue weighted by Crippen LogP contribution is -2.44. The highest BCUT2D eigenvalue weighted by Crippen LogP contribution is 2.28. The van der Waals surface area contributed by atoms with Crippen LogP contribution in [-0.4, -0.2) is 92.4 Å². The van der Waals surface area contributed by atoms with Gasteiger partial charge in [0.05, 0.1) is 50.9 Å². The average molecular weight is 479 g/mol. The van der Waals surface area contributed by atoms with Gasteiger partial charge >= 0.3 is 0 Å². The third-order valence-corrected chi connectivity index (χ3v) is 6.46. The minimum Gasteiger partial charge on any atom is -0.496 e. The highest BCUT2D eigenvalue weighted by atomic mass is 16.5. The first-order valence-corrected chi connectivity index (χ1v) is 11.8. The maximum atomic E-state index is 12.0. The van der Waals surface area contributed by atoms with Gasteiger partial charge in [-0.3, -0.25) is 4.79 Å². The molecular formula is C25H30N6O4. The predicted octanol–water partition coefficient (Wildman–Crippen LogP) is 1.58. The highest BCUT2D eigenvalue weighted by Gasteiger charge is 2.28. The Labute approximate surface area is 204 Å². The number of ether oxygens (including phenoxy) is 3. The Morgan fingerprint density at radius 3 is 2.63 bits per heavy atom. The molecule has 4 aliphatic heterocycles. The molecule has 2 fully saturated rings. The van der Waals surface area contributed by atoms with Crippen molar-refractivity contribution in [2.24, 2.45) is 20.7 Å². The van der Waals surface area contributed by atoms with E-state index in [9.17, 15) is 4.79 Å². The maximum Gasteiger partial charge on any atom is 0.252 e. The second-order valence-electron chi connectivity index (χ2n) is 8.79. The van der Waals surface area contributed by atoms with E-state index >= 15 is 0 Å². The summed E-state index contributed by atoms with van der Waals surface area (Å²) in [5.41, 5.74) is 8.40. The lowest BCUT2D eigenvalue weighted by molar-refractivity contribution is 0.0158. The predicted molar refractivity (Wildman–Crippen MR) is 133 cm³/mol. The van der Waals surface area contributed by atoms with Gasteiger partial charge in [-0.1, -0.05) is 6.08 Å². The molecule has 184 valence electrons. The minimum absolute atomic E-state index is 0.194. The number of amidine groups is 1. The smallest absolute Gasteiger partial charge is 0.252 e. The number of aliphatic imine (C=N–C) groups is 3. The number of morpholine rings is 2. The van der Waals surface area contributed by atoms with Crippen LogP contribution in [0.4, 0.5) is 0 Å². The van der Waals surface area contributed by atoms with Crippen LogP contribution in [0.5, 0.6) is 5.75 Å². The van der Waals surface area contributed by atoms with Crippen LogP contribution in [0.1, 0.15) is 29.3 Å². The van der Waals surface area contributed by atoms with E-state index in [4.69, 9.17) is 34.9 Å². The average Bonchev–Trinajstić information content (AvgIpc) is 3.20. The summed E-state index contributed by atoms with van der Waals surface area (Å²) in [5.74, 6) is 2.10. The van der Waals surface area contributed by atoms with Crippen molar-refractivity contribution in [3.05, 3.63) is 52.9 Å². The first-order chi connectivity index (χ1) is 17.0. The molecule has 0 unspecified atom stereocenters. The summed E-state index contributed by atoms with van der Waals surface area (Å²) in [6.07, 6.45) is 4.55. The zero-order valence-electron chi connectivity index (χ0n) is 20.1. The SMILES string of the molecule is COc1ccc(C2=NC3=NC(N4CCOCC4)=NC(N4CCOC[C@@H]4C)=C(C=C2)C3)cc1C(N)=O. The van der Waals surface area contributed by atoms with Gasteiger partial charge in [0, 0.05) is 37.2 Å². The summed E-state index contributed by atoms with van der Waals surface area (Å²) in [6.45, 7) is 6.95. The van der Waals surface area contributed by atoms with E-state index in [-0.39, 0.29) is 6.04 Å². The number of carbonyl (C=O) groups is 1. The van der Waals surface area contributed by atoms with E-state index in [1.807, 2.05) is 12.1 Å². The number of hydrogen-bond donors (Lipinski definition) is 1. The largest absolute Gasteiger partial charge is 0.496 e. The number of guanidine groups is 1. The molecule has 0 spiro atoms. The molecule has 5 rings (SSSR count). The molecule has 1 aromatic rings. The van der Waals surface area contributed by atoms with E-state index in [1.54, 1.807) is 12.1 Å². The Kier molecular flexibility index (Phi) is 6.65. The number of amides is 1. The fourth-order valence-corrected chi connectivity index (χ4v) is 4.57. The van der Waals surface area contributed by atoms with Gasteiger partial charge in [0.2, 0.25) is 5.96 Å². The van der Waals surface area contributed by atoms with Crippen LogP contribution < -0.4 is 10.5 Å². The number of nitrogens with zero attached hydrogens (tertiary/aromatic N) is 5. The summed E-state index contributed by atoms with van der Waals surface area (Å²) >= 11 is 0. The van der Waals surface area contributed by atoms with E-state index in [0.717, 1.165) is 36.6 Å². The van der Waals surface area contributed by atoms with Crippen molar-refractivity contribution in [3.63, 3.8) is 0 Å².